The van der Waals surface area contributed by atoms with E-state index < -0.39 is 11.9 Å². The Morgan fingerprint density at radius 3 is 2.49 bits per heavy atom. The zero-order chi connectivity index (χ0) is 30.0. The van der Waals surface area contributed by atoms with E-state index >= 15 is 0 Å². The molecule has 5 aliphatic heterocycles. The highest BCUT2D eigenvalue weighted by Gasteiger charge is 2.47. The summed E-state index contributed by atoms with van der Waals surface area (Å²) in [5.74, 6) is -1.24. The van der Waals surface area contributed by atoms with Gasteiger partial charge in [-0.2, -0.15) is 0 Å². The van der Waals surface area contributed by atoms with Gasteiger partial charge in [0.1, 0.15) is 11.9 Å². The lowest BCUT2D eigenvalue weighted by Gasteiger charge is -2.57. The standard InChI is InChI=1S/C34H37FN4O4/c1-34(2)12-11-22(28(15-34)20-3-6-24(35)7-4-20)16-38-25-14-26(38)19-37(18-25)32(42)21-5-8-27-23(13-21)17-39(33(27)43)29-9-10-30(40)36-31(29)41/h3-8,13,25-26,29H,9-12,14-19H2,1-2H3,(H,36,40,41). The SMILES string of the molecule is CC1(C)CCC(CN2C3CC2CN(C(=O)c2ccc4c(c2)CN(C2CCC(=O)NC2=O)C4=O)C3)=C(c2ccc(F)cc2)C1. The average molecular weight is 585 g/mol. The lowest BCUT2D eigenvalue weighted by molar-refractivity contribution is -0.136. The highest BCUT2D eigenvalue weighted by molar-refractivity contribution is 6.06. The van der Waals surface area contributed by atoms with Crippen molar-refractivity contribution in [3.63, 3.8) is 0 Å². The van der Waals surface area contributed by atoms with Gasteiger partial charge < -0.3 is 9.80 Å². The van der Waals surface area contributed by atoms with Crippen molar-refractivity contribution in [1.82, 2.24) is 20.0 Å². The molecule has 4 fully saturated rings. The number of rotatable bonds is 5. The predicted molar refractivity (Wildman–Crippen MR) is 158 cm³/mol. The van der Waals surface area contributed by atoms with Crippen LogP contribution in [-0.2, 0) is 16.1 Å². The highest BCUT2D eigenvalue weighted by Crippen LogP contribution is 2.45. The molecule has 2 bridgehead atoms. The van der Waals surface area contributed by atoms with Gasteiger partial charge in [0.05, 0.1) is 0 Å². The van der Waals surface area contributed by atoms with Crippen LogP contribution in [-0.4, -0.2) is 76.1 Å². The second kappa shape index (κ2) is 10.4. The zero-order valence-electron chi connectivity index (χ0n) is 24.7. The molecule has 1 N–H and O–H groups in total. The van der Waals surface area contributed by atoms with Gasteiger partial charge in [0.2, 0.25) is 11.8 Å². The molecular formula is C34H37FN4O4. The predicted octanol–water partition coefficient (Wildman–Crippen LogP) is 4.15. The Hall–Kier alpha value is -3.85. The van der Waals surface area contributed by atoms with E-state index in [0.717, 1.165) is 43.4 Å². The quantitative estimate of drug-likeness (QED) is 0.534. The van der Waals surface area contributed by atoms with E-state index in [2.05, 4.69) is 24.1 Å². The van der Waals surface area contributed by atoms with Gasteiger partial charge in [-0.3, -0.25) is 29.4 Å². The molecule has 2 aromatic carbocycles. The van der Waals surface area contributed by atoms with Gasteiger partial charge >= 0.3 is 0 Å². The fourth-order valence-electron chi connectivity index (χ4n) is 7.69. The normalized spacial score (nSPS) is 26.8. The first-order valence-electron chi connectivity index (χ1n) is 15.4. The van der Waals surface area contributed by atoms with Crippen LogP contribution in [0.25, 0.3) is 5.57 Å². The Kier molecular flexibility index (Phi) is 6.76. The minimum absolute atomic E-state index is 0.0327. The summed E-state index contributed by atoms with van der Waals surface area (Å²) < 4.78 is 13.7. The zero-order valence-corrected chi connectivity index (χ0v) is 24.7. The Bertz CT molecular complexity index is 1550. The van der Waals surface area contributed by atoms with Gasteiger partial charge in [-0.1, -0.05) is 31.6 Å². The van der Waals surface area contributed by atoms with Gasteiger partial charge in [0.25, 0.3) is 11.8 Å². The van der Waals surface area contributed by atoms with E-state index in [1.807, 2.05) is 17.0 Å². The van der Waals surface area contributed by atoms with Gasteiger partial charge in [0, 0.05) is 55.8 Å². The van der Waals surface area contributed by atoms with Crippen LogP contribution in [0.4, 0.5) is 4.39 Å². The number of piperazine rings is 1. The van der Waals surface area contributed by atoms with Gasteiger partial charge in [-0.05, 0) is 84.6 Å². The molecule has 3 unspecified atom stereocenters. The first kappa shape index (κ1) is 28.0. The first-order valence-corrected chi connectivity index (χ1v) is 15.4. The number of carbonyl (C=O) groups excluding carboxylic acids is 4. The fraction of sp³-hybridized carbons (Fsp3) is 0.471. The molecule has 5 heterocycles. The molecule has 4 amide bonds. The lowest BCUT2D eigenvalue weighted by atomic mass is 9.72. The maximum absolute atomic E-state index is 13.7. The number of carbonyl (C=O) groups is 4. The van der Waals surface area contributed by atoms with Crippen molar-refractivity contribution in [2.45, 2.75) is 77.0 Å². The second-order valence-electron chi connectivity index (χ2n) is 13.6. The fourth-order valence-corrected chi connectivity index (χ4v) is 7.69. The van der Waals surface area contributed by atoms with E-state index in [-0.39, 0.29) is 41.9 Å². The molecule has 3 atom stereocenters. The summed E-state index contributed by atoms with van der Waals surface area (Å²) in [6, 6.07) is 12.0. The molecule has 1 aliphatic carbocycles. The molecule has 0 aromatic heterocycles. The van der Waals surface area contributed by atoms with Crippen molar-refractivity contribution in [2.24, 2.45) is 5.41 Å². The minimum atomic E-state index is -0.675. The van der Waals surface area contributed by atoms with E-state index in [1.54, 1.807) is 30.3 Å². The van der Waals surface area contributed by atoms with Crippen molar-refractivity contribution >= 4 is 29.2 Å². The van der Waals surface area contributed by atoms with Crippen molar-refractivity contribution in [3.8, 4) is 0 Å². The Balaban J connectivity index is 1.03. The molecule has 8 nitrogen and oxygen atoms in total. The molecule has 0 saturated carbocycles. The third-order valence-electron chi connectivity index (χ3n) is 10.2. The van der Waals surface area contributed by atoms with Gasteiger partial charge in [-0.15, -0.1) is 0 Å². The highest BCUT2D eigenvalue weighted by atomic mass is 19.1. The number of halogens is 1. The Morgan fingerprint density at radius 1 is 1.02 bits per heavy atom. The van der Waals surface area contributed by atoms with Crippen LogP contribution in [0, 0.1) is 11.2 Å². The van der Waals surface area contributed by atoms with Crippen LogP contribution in [0.15, 0.2) is 48.0 Å². The van der Waals surface area contributed by atoms with Gasteiger partial charge in [-0.25, -0.2) is 4.39 Å². The molecule has 0 radical (unpaired) electrons. The molecule has 43 heavy (non-hydrogen) atoms. The van der Waals surface area contributed by atoms with Gasteiger partial charge in [0.15, 0.2) is 0 Å². The number of nitrogens with zero attached hydrogens (tertiary/aromatic N) is 3. The molecule has 6 aliphatic rings. The average Bonchev–Trinajstić information content (AvgIpc) is 3.31. The largest absolute Gasteiger partial charge is 0.336 e. The monoisotopic (exact) mass is 584 g/mol. The smallest absolute Gasteiger partial charge is 0.255 e. The summed E-state index contributed by atoms with van der Waals surface area (Å²) >= 11 is 0. The summed E-state index contributed by atoms with van der Waals surface area (Å²) in [5.41, 5.74) is 5.90. The number of hydrogen-bond donors (Lipinski definition) is 1. The number of piperidine rings is 2. The van der Waals surface area contributed by atoms with Crippen molar-refractivity contribution in [3.05, 3.63) is 76.1 Å². The first-order chi connectivity index (χ1) is 20.6. The number of nitrogens with one attached hydrogen (secondary N) is 1. The van der Waals surface area contributed by atoms with Crippen LogP contribution >= 0.6 is 0 Å². The summed E-state index contributed by atoms with van der Waals surface area (Å²) in [6.45, 7) is 7.07. The van der Waals surface area contributed by atoms with Crippen LogP contribution in [0.5, 0.6) is 0 Å². The summed E-state index contributed by atoms with van der Waals surface area (Å²) in [4.78, 5) is 56.6. The van der Waals surface area contributed by atoms with Crippen LogP contribution in [0.2, 0.25) is 0 Å². The molecular weight excluding hydrogens is 547 g/mol. The topological polar surface area (TPSA) is 90.0 Å². The molecule has 2 aromatic rings. The van der Waals surface area contributed by atoms with E-state index in [1.165, 1.54) is 16.0 Å². The third kappa shape index (κ3) is 5.07. The number of amides is 4. The molecule has 8 rings (SSSR count). The Morgan fingerprint density at radius 2 is 1.77 bits per heavy atom. The summed E-state index contributed by atoms with van der Waals surface area (Å²) in [7, 11) is 0. The van der Waals surface area contributed by atoms with Crippen molar-refractivity contribution in [2.75, 3.05) is 19.6 Å². The molecule has 0 spiro atoms. The van der Waals surface area contributed by atoms with E-state index in [4.69, 9.17) is 0 Å². The van der Waals surface area contributed by atoms with Crippen molar-refractivity contribution < 1.29 is 23.6 Å². The maximum Gasteiger partial charge on any atom is 0.255 e. The third-order valence-corrected chi connectivity index (χ3v) is 10.2. The number of hydrogen-bond acceptors (Lipinski definition) is 5. The molecule has 9 heteroatoms. The number of benzene rings is 2. The molecule has 4 saturated heterocycles. The van der Waals surface area contributed by atoms with Crippen LogP contribution in [0.3, 0.4) is 0 Å². The minimum Gasteiger partial charge on any atom is -0.336 e. The summed E-state index contributed by atoms with van der Waals surface area (Å²) in [6.07, 6.45) is 4.73. The van der Waals surface area contributed by atoms with Crippen LogP contribution in [0.1, 0.15) is 84.2 Å². The lowest BCUT2D eigenvalue weighted by Crippen LogP contribution is -2.69. The number of fused-ring (bicyclic) bond motifs is 3. The number of allylic oxidation sites excluding steroid dienone is 1. The Labute approximate surface area is 250 Å². The van der Waals surface area contributed by atoms with E-state index in [0.29, 0.717) is 42.7 Å². The van der Waals surface area contributed by atoms with E-state index in [9.17, 15) is 23.6 Å². The molecule has 224 valence electrons. The second-order valence-corrected chi connectivity index (χ2v) is 13.6. The maximum atomic E-state index is 13.7. The number of imide groups is 1. The van der Waals surface area contributed by atoms with Crippen LogP contribution < -0.4 is 5.32 Å². The summed E-state index contributed by atoms with van der Waals surface area (Å²) in [5, 5.41) is 2.33. The van der Waals surface area contributed by atoms with Crippen molar-refractivity contribution in [1.29, 1.82) is 0 Å².